The molecule has 14 heteroatoms. The highest BCUT2D eigenvalue weighted by atomic mass is 31.2. The van der Waals surface area contributed by atoms with Crippen molar-refractivity contribution in [2.24, 2.45) is 0 Å². The Kier molecular flexibility index (Phi) is 5.99. The van der Waals surface area contributed by atoms with Crippen molar-refractivity contribution in [2.45, 2.75) is 31.1 Å². The Hall–Kier alpha value is -2.51. The molecule has 0 spiro atoms. The van der Waals surface area contributed by atoms with Gasteiger partial charge in [-0.05, 0) is 17.7 Å². The normalized spacial score (nSPS) is 24.0. The zero-order chi connectivity index (χ0) is 22.2. The molecular formula is C17H19FN5O7P. The molecule has 3 heterocycles. The second-order valence-corrected chi connectivity index (χ2v) is 8.10. The van der Waals surface area contributed by atoms with Gasteiger partial charge in [-0.1, -0.05) is 12.1 Å². The number of halogens is 1. The average Bonchev–Trinajstić information content (AvgIpc) is 3.26. The summed E-state index contributed by atoms with van der Waals surface area (Å²) in [6.45, 7) is -0.346. The molecule has 0 radical (unpaired) electrons. The van der Waals surface area contributed by atoms with Gasteiger partial charge in [-0.25, -0.2) is 23.9 Å². The van der Waals surface area contributed by atoms with Gasteiger partial charge in [-0.3, -0.25) is 9.09 Å². The maximum atomic E-state index is 13.4. The van der Waals surface area contributed by atoms with Crippen LogP contribution in [0.25, 0.3) is 11.2 Å². The van der Waals surface area contributed by atoms with Crippen LogP contribution >= 0.6 is 7.82 Å². The van der Waals surface area contributed by atoms with Gasteiger partial charge in [0.2, 0.25) is 0 Å². The number of hydrogen-bond acceptors (Lipinski definition) is 9. The van der Waals surface area contributed by atoms with E-state index in [1.165, 1.54) is 29.4 Å². The van der Waals surface area contributed by atoms with Crippen molar-refractivity contribution in [1.29, 1.82) is 0 Å². The fourth-order valence-corrected chi connectivity index (χ4v) is 3.61. The Morgan fingerprint density at radius 2 is 2.03 bits per heavy atom. The third-order valence-electron chi connectivity index (χ3n) is 4.73. The summed E-state index contributed by atoms with van der Waals surface area (Å²) in [4.78, 5) is 30.2. The highest BCUT2D eigenvalue weighted by Gasteiger charge is 2.45. The van der Waals surface area contributed by atoms with Gasteiger partial charge in [0.1, 0.15) is 30.5 Å². The lowest BCUT2D eigenvalue weighted by molar-refractivity contribution is -0.0504. The van der Waals surface area contributed by atoms with E-state index in [2.05, 4.69) is 24.8 Å². The second kappa shape index (κ2) is 8.55. The number of aromatic nitrogens is 4. The van der Waals surface area contributed by atoms with Crippen molar-refractivity contribution in [3.63, 3.8) is 0 Å². The van der Waals surface area contributed by atoms with E-state index in [4.69, 9.17) is 14.5 Å². The first-order chi connectivity index (χ1) is 14.7. The fourth-order valence-electron chi connectivity index (χ4n) is 3.27. The number of phosphoric ester groups is 1. The van der Waals surface area contributed by atoms with E-state index in [1.807, 2.05) is 0 Å². The second-order valence-electron chi connectivity index (χ2n) is 6.86. The van der Waals surface area contributed by atoms with E-state index in [0.717, 1.165) is 0 Å². The number of phosphoric acid groups is 1. The number of aliphatic hydroxyl groups excluding tert-OH is 2. The van der Waals surface area contributed by atoms with Crippen LogP contribution in [0.4, 0.5) is 10.2 Å². The summed E-state index contributed by atoms with van der Waals surface area (Å²) in [5.74, 6) is 0.00190. The van der Waals surface area contributed by atoms with E-state index in [9.17, 15) is 19.2 Å². The minimum absolute atomic E-state index is 0.278. The summed E-state index contributed by atoms with van der Waals surface area (Å²) in [6.07, 6.45) is -2.60. The van der Waals surface area contributed by atoms with E-state index >= 15 is 0 Å². The highest BCUT2D eigenvalue weighted by molar-refractivity contribution is 7.46. The van der Waals surface area contributed by atoms with Gasteiger partial charge >= 0.3 is 7.82 Å². The highest BCUT2D eigenvalue weighted by Crippen LogP contribution is 2.39. The standard InChI is InChI=1S/C17H19FN5O7P/c18-10-3-1-2-9(4-10)5-19-15-12-16(21-7-20-15)23(8-22-12)17-14(25)13(24)11(30-17)6-29-31(26,27)28/h1-4,7-8,11,13-14,17,24-25H,5-6H2,(H,19,20,21)(H2,26,27,28)/t11-,13-,14-,17-/m1/s1. The maximum Gasteiger partial charge on any atom is 0.469 e. The molecule has 3 aromatic rings. The number of imidazole rings is 1. The largest absolute Gasteiger partial charge is 0.469 e. The summed E-state index contributed by atoms with van der Waals surface area (Å²) in [5.41, 5.74) is 1.32. The van der Waals surface area contributed by atoms with E-state index < -0.39 is 39.0 Å². The topological polar surface area (TPSA) is 172 Å². The van der Waals surface area contributed by atoms with Gasteiger partial charge in [0.25, 0.3) is 0 Å². The van der Waals surface area contributed by atoms with Gasteiger partial charge < -0.3 is 30.1 Å². The predicted molar refractivity (Wildman–Crippen MR) is 103 cm³/mol. The monoisotopic (exact) mass is 455 g/mol. The van der Waals surface area contributed by atoms with Crippen molar-refractivity contribution < 1.29 is 38.2 Å². The number of hydrogen-bond donors (Lipinski definition) is 5. The lowest BCUT2D eigenvalue weighted by Gasteiger charge is -2.16. The minimum Gasteiger partial charge on any atom is -0.387 e. The molecule has 4 atom stereocenters. The number of aliphatic hydroxyl groups is 2. The molecule has 0 unspecified atom stereocenters. The zero-order valence-electron chi connectivity index (χ0n) is 15.8. The smallest absolute Gasteiger partial charge is 0.387 e. The lowest BCUT2D eigenvalue weighted by Crippen LogP contribution is -2.33. The quantitative estimate of drug-likeness (QED) is 0.310. The molecule has 0 saturated carbocycles. The van der Waals surface area contributed by atoms with Gasteiger partial charge in [0.15, 0.2) is 23.2 Å². The Labute approximate surface area is 174 Å². The van der Waals surface area contributed by atoms with Crippen LogP contribution in [-0.4, -0.2) is 64.4 Å². The van der Waals surface area contributed by atoms with Crippen LogP contribution in [0.3, 0.4) is 0 Å². The molecule has 0 amide bonds. The van der Waals surface area contributed by atoms with Gasteiger partial charge in [-0.15, -0.1) is 0 Å². The SMILES string of the molecule is O=P(O)(O)OC[C@H]1O[C@@H](n2cnc3c(NCc4cccc(F)c4)ncnc32)[C@H](O)[C@@H]1O. The molecule has 12 nitrogen and oxygen atoms in total. The van der Waals surface area contributed by atoms with Crippen LogP contribution < -0.4 is 5.32 Å². The van der Waals surface area contributed by atoms with Crippen LogP contribution in [0.2, 0.25) is 0 Å². The van der Waals surface area contributed by atoms with E-state index in [1.54, 1.807) is 12.1 Å². The molecule has 4 rings (SSSR count). The number of fused-ring (bicyclic) bond motifs is 1. The number of anilines is 1. The molecule has 1 fully saturated rings. The Bertz CT molecular complexity index is 1130. The first-order valence-electron chi connectivity index (χ1n) is 9.10. The summed E-state index contributed by atoms with van der Waals surface area (Å²) in [6, 6.07) is 6.06. The first-order valence-corrected chi connectivity index (χ1v) is 10.6. The Morgan fingerprint density at radius 3 is 2.77 bits per heavy atom. The molecule has 0 aliphatic carbocycles. The summed E-state index contributed by atoms with van der Waals surface area (Å²) in [5, 5.41) is 23.6. The Morgan fingerprint density at radius 1 is 1.23 bits per heavy atom. The zero-order valence-corrected chi connectivity index (χ0v) is 16.7. The van der Waals surface area contributed by atoms with Crippen LogP contribution in [0.5, 0.6) is 0 Å². The summed E-state index contributed by atoms with van der Waals surface area (Å²) < 4.78 is 35.5. The predicted octanol–water partition coefficient (Wildman–Crippen LogP) is 0.306. The third-order valence-corrected chi connectivity index (χ3v) is 5.21. The first kappa shape index (κ1) is 21.7. The van der Waals surface area contributed by atoms with Crippen LogP contribution in [0, 0.1) is 5.82 Å². The van der Waals surface area contributed by atoms with Crippen molar-refractivity contribution in [1.82, 2.24) is 19.5 Å². The molecule has 31 heavy (non-hydrogen) atoms. The number of nitrogens with zero attached hydrogens (tertiary/aromatic N) is 4. The molecule has 1 saturated heterocycles. The minimum atomic E-state index is -4.77. The molecule has 1 aliphatic rings. The van der Waals surface area contributed by atoms with Crippen molar-refractivity contribution in [3.05, 3.63) is 48.3 Å². The van der Waals surface area contributed by atoms with E-state index in [0.29, 0.717) is 16.9 Å². The van der Waals surface area contributed by atoms with Crippen molar-refractivity contribution >= 4 is 24.8 Å². The third kappa shape index (κ3) is 4.72. The van der Waals surface area contributed by atoms with Crippen LogP contribution in [0.1, 0.15) is 11.8 Å². The van der Waals surface area contributed by atoms with Gasteiger partial charge in [-0.2, -0.15) is 0 Å². The van der Waals surface area contributed by atoms with E-state index in [-0.39, 0.29) is 18.0 Å². The maximum absolute atomic E-state index is 13.4. The van der Waals surface area contributed by atoms with Crippen LogP contribution in [-0.2, 0) is 20.4 Å². The molecule has 5 N–H and O–H groups in total. The molecule has 1 aromatic carbocycles. The molecule has 1 aliphatic heterocycles. The number of benzene rings is 1. The number of nitrogens with one attached hydrogen (secondary N) is 1. The number of rotatable bonds is 7. The van der Waals surface area contributed by atoms with Gasteiger partial charge in [0.05, 0.1) is 12.9 Å². The average molecular weight is 455 g/mol. The lowest BCUT2D eigenvalue weighted by atomic mass is 10.1. The van der Waals surface area contributed by atoms with Crippen molar-refractivity contribution in [2.75, 3.05) is 11.9 Å². The van der Waals surface area contributed by atoms with Gasteiger partial charge in [0, 0.05) is 6.54 Å². The van der Waals surface area contributed by atoms with Crippen molar-refractivity contribution in [3.8, 4) is 0 Å². The molecular weight excluding hydrogens is 436 g/mol. The fraction of sp³-hybridized carbons (Fsp3) is 0.353. The molecule has 2 aromatic heterocycles. The Balaban J connectivity index is 1.54. The molecule has 166 valence electrons. The van der Waals surface area contributed by atoms with Crippen LogP contribution in [0.15, 0.2) is 36.9 Å². The summed E-state index contributed by atoms with van der Waals surface area (Å²) >= 11 is 0. The summed E-state index contributed by atoms with van der Waals surface area (Å²) in [7, 11) is -4.77. The molecule has 0 bridgehead atoms. The number of ether oxygens (including phenoxy) is 1.